The molecular formula is C14H22N2. The van der Waals surface area contributed by atoms with Crippen LogP contribution in [0.5, 0.6) is 0 Å². The van der Waals surface area contributed by atoms with Crippen LogP contribution in [0.4, 0.5) is 0 Å². The summed E-state index contributed by atoms with van der Waals surface area (Å²) in [5.74, 6) is 0.729. The first-order chi connectivity index (χ1) is 7.75. The molecule has 1 fully saturated rings. The molecule has 1 heterocycles. The number of rotatable bonds is 3. The van der Waals surface area contributed by atoms with Gasteiger partial charge in [-0.25, -0.2) is 0 Å². The highest BCUT2D eigenvalue weighted by Gasteiger charge is 2.21. The van der Waals surface area contributed by atoms with Crippen molar-refractivity contribution in [1.82, 2.24) is 4.90 Å². The normalized spacial score (nSPS) is 20.9. The molecular weight excluding hydrogens is 196 g/mol. The third-order valence-corrected chi connectivity index (χ3v) is 3.62. The van der Waals surface area contributed by atoms with Crippen LogP contribution in [-0.4, -0.2) is 24.0 Å². The number of benzene rings is 1. The zero-order valence-corrected chi connectivity index (χ0v) is 10.1. The molecule has 1 aromatic rings. The van der Waals surface area contributed by atoms with Crippen LogP contribution in [0.1, 0.15) is 25.3 Å². The first kappa shape index (κ1) is 11.6. The fraction of sp³-hybridized carbons (Fsp3) is 0.571. The average molecular weight is 218 g/mol. The zero-order valence-electron chi connectivity index (χ0n) is 10.1. The van der Waals surface area contributed by atoms with E-state index in [9.17, 15) is 0 Å². The van der Waals surface area contributed by atoms with Crippen LogP contribution in [0.15, 0.2) is 30.3 Å². The standard InChI is InChI=1S/C14H22N2/c1-12(15)14-7-9-16(10-8-14)11-13-5-3-2-4-6-13/h2-6,12,14H,7-11,15H2,1H3. The molecule has 1 saturated heterocycles. The van der Waals surface area contributed by atoms with Gasteiger partial charge in [0.05, 0.1) is 0 Å². The van der Waals surface area contributed by atoms with Crippen LogP contribution in [0.3, 0.4) is 0 Å². The summed E-state index contributed by atoms with van der Waals surface area (Å²) >= 11 is 0. The minimum absolute atomic E-state index is 0.360. The number of nitrogens with two attached hydrogens (primary N) is 1. The summed E-state index contributed by atoms with van der Waals surface area (Å²) in [4.78, 5) is 2.54. The number of nitrogens with zero attached hydrogens (tertiary/aromatic N) is 1. The molecule has 0 aliphatic carbocycles. The van der Waals surface area contributed by atoms with E-state index in [1.165, 1.54) is 31.5 Å². The maximum absolute atomic E-state index is 5.95. The summed E-state index contributed by atoms with van der Waals surface area (Å²) in [5, 5.41) is 0. The molecule has 2 N–H and O–H groups in total. The maximum atomic E-state index is 5.95. The molecule has 1 unspecified atom stereocenters. The number of likely N-dealkylation sites (tertiary alicyclic amines) is 1. The van der Waals surface area contributed by atoms with Crippen molar-refractivity contribution < 1.29 is 0 Å². The van der Waals surface area contributed by atoms with E-state index in [4.69, 9.17) is 5.73 Å². The summed E-state index contributed by atoms with van der Waals surface area (Å²) in [6, 6.07) is 11.1. The monoisotopic (exact) mass is 218 g/mol. The van der Waals surface area contributed by atoms with E-state index in [-0.39, 0.29) is 0 Å². The predicted molar refractivity (Wildman–Crippen MR) is 68.1 cm³/mol. The van der Waals surface area contributed by atoms with E-state index in [1.54, 1.807) is 0 Å². The van der Waals surface area contributed by atoms with Crippen LogP contribution < -0.4 is 5.73 Å². The van der Waals surface area contributed by atoms with Crippen LogP contribution in [0.2, 0.25) is 0 Å². The van der Waals surface area contributed by atoms with Crippen molar-refractivity contribution >= 4 is 0 Å². The van der Waals surface area contributed by atoms with Gasteiger partial charge in [-0.2, -0.15) is 0 Å². The van der Waals surface area contributed by atoms with Gasteiger partial charge in [0.1, 0.15) is 0 Å². The Bertz CT molecular complexity index is 300. The first-order valence-electron chi connectivity index (χ1n) is 6.27. The molecule has 0 radical (unpaired) electrons. The Morgan fingerprint density at radius 1 is 1.25 bits per heavy atom. The van der Waals surface area contributed by atoms with Crippen molar-refractivity contribution in [1.29, 1.82) is 0 Å². The first-order valence-corrected chi connectivity index (χ1v) is 6.27. The zero-order chi connectivity index (χ0) is 11.4. The minimum atomic E-state index is 0.360. The Hall–Kier alpha value is -0.860. The highest BCUT2D eigenvalue weighted by molar-refractivity contribution is 5.14. The van der Waals surface area contributed by atoms with Gasteiger partial charge in [0.15, 0.2) is 0 Å². The second-order valence-electron chi connectivity index (χ2n) is 4.96. The second kappa shape index (κ2) is 5.46. The smallest absolute Gasteiger partial charge is 0.0233 e. The van der Waals surface area contributed by atoms with Gasteiger partial charge in [0.2, 0.25) is 0 Å². The van der Waals surface area contributed by atoms with Crippen LogP contribution >= 0.6 is 0 Å². The molecule has 0 bridgehead atoms. The fourth-order valence-corrected chi connectivity index (χ4v) is 2.48. The minimum Gasteiger partial charge on any atom is -0.328 e. The molecule has 0 amide bonds. The van der Waals surface area contributed by atoms with Crippen LogP contribution in [-0.2, 0) is 6.54 Å². The van der Waals surface area contributed by atoms with E-state index >= 15 is 0 Å². The van der Waals surface area contributed by atoms with Gasteiger partial charge in [0.25, 0.3) is 0 Å². The molecule has 1 aromatic carbocycles. The molecule has 2 rings (SSSR count). The summed E-state index contributed by atoms with van der Waals surface area (Å²) in [6.07, 6.45) is 2.51. The van der Waals surface area contributed by atoms with E-state index in [2.05, 4.69) is 42.2 Å². The molecule has 88 valence electrons. The molecule has 2 nitrogen and oxygen atoms in total. The largest absolute Gasteiger partial charge is 0.328 e. The van der Waals surface area contributed by atoms with Gasteiger partial charge in [-0.3, -0.25) is 4.90 Å². The van der Waals surface area contributed by atoms with Crippen LogP contribution in [0, 0.1) is 5.92 Å². The topological polar surface area (TPSA) is 29.3 Å². The Kier molecular flexibility index (Phi) is 3.97. The Balaban J connectivity index is 1.82. The van der Waals surface area contributed by atoms with Gasteiger partial charge in [-0.15, -0.1) is 0 Å². The Morgan fingerprint density at radius 3 is 2.44 bits per heavy atom. The highest BCUT2D eigenvalue weighted by atomic mass is 15.1. The molecule has 16 heavy (non-hydrogen) atoms. The summed E-state index contributed by atoms with van der Waals surface area (Å²) < 4.78 is 0. The lowest BCUT2D eigenvalue weighted by Gasteiger charge is -2.33. The second-order valence-corrected chi connectivity index (χ2v) is 4.96. The van der Waals surface area contributed by atoms with Crippen molar-refractivity contribution in [2.24, 2.45) is 11.7 Å². The number of piperidine rings is 1. The third kappa shape index (κ3) is 3.06. The number of hydrogen-bond acceptors (Lipinski definition) is 2. The van der Waals surface area contributed by atoms with Crippen molar-refractivity contribution in [3.8, 4) is 0 Å². The van der Waals surface area contributed by atoms with Gasteiger partial charge >= 0.3 is 0 Å². The van der Waals surface area contributed by atoms with E-state index < -0.39 is 0 Å². The van der Waals surface area contributed by atoms with Crippen molar-refractivity contribution in [3.63, 3.8) is 0 Å². The molecule has 1 atom stereocenters. The number of hydrogen-bond donors (Lipinski definition) is 1. The van der Waals surface area contributed by atoms with Crippen molar-refractivity contribution in [3.05, 3.63) is 35.9 Å². The molecule has 0 aromatic heterocycles. The fourth-order valence-electron chi connectivity index (χ4n) is 2.48. The quantitative estimate of drug-likeness (QED) is 0.843. The van der Waals surface area contributed by atoms with E-state index in [0.29, 0.717) is 6.04 Å². The summed E-state index contributed by atoms with van der Waals surface area (Å²) in [7, 11) is 0. The highest BCUT2D eigenvalue weighted by Crippen LogP contribution is 2.20. The molecule has 1 aliphatic rings. The third-order valence-electron chi connectivity index (χ3n) is 3.62. The predicted octanol–water partition coefficient (Wildman–Crippen LogP) is 2.25. The lowest BCUT2D eigenvalue weighted by Crippen LogP contribution is -2.39. The van der Waals surface area contributed by atoms with Crippen molar-refractivity contribution in [2.45, 2.75) is 32.4 Å². The van der Waals surface area contributed by atoms with E-state index in [0.717, 1.165) is 12.5 Å². The summed E-state index contributed by atoms with van der Waals surface area (Å²) in [6.45, 7) is 5.62. The van der Waals surface area contributed by atoms with Gasteiger partial charge < -0.3 is 5.73 Å². The molecule has 0 spiro atoms. The van der Waals surface area contributed by atoms with Gasteiger partial charge in [-0.1, -0.05) is 30.3 Å². The van der Waals surface area contributed by atoms with Crippen LogP contribution in [0.25, 0.3) is 0 Å². The summed E-state index contributed by atoms with van der Waals surface area (Å²) in [5.41, 5.74) is 7.36. The van der Waals surface area contributed by atoms with Gasteiger partial charge in [0, 0.05) is 12.6 Å². The van der Waals surface area contributed by atoms with Crippen molar-refractivity contribution in [2.75, 3.05) is 13.1 Å². The Labute approximate surface area is 98.4 Å². The maximum Gasteiger partial charge on any atom is 0.0233 e. The SMILES string of the molecule is CC(N)C1CCN(Cc2ccccc2)CC1. The molecule has 2 heteroatoms. The molecule has 1 aliphatic heterocycles. The van der Waals surface area contributed by atoms with E-state index in [1.807, 2.05) is 0 Å². The molecule has 0 saturated carbocycles. The lowest BCUT2D eigenvalue weighted by atomic mass is 9.91. The average Bonchev–Trinajstić information content (AvgIpc) is 2.31. The van der Waals surface area contributed by atoms with Gasteiger partial charge in [-0.05, 0) is 44.3 Å². The Morgan fingerprint density at radius 2 is 1.88 bits per heavy atom. The lowest BCUT2D eigenvalue weighted by molar-refractivity contribution is 0.166.